The average Bonchev–Trinajstić information content (AvgIpc) is 4.06. The molecule has 1 atom stereocenters. The summed E-state index contributed by atoms with van der Waals surface area (Å²) in [5.41, 5.74) is 24.6. The first kappa shape index (κ1) is 35.6. The highest BCUT2D eigenvalue weighted by atomic mass is 32.1. The molecule has 1 nitrogen and oxygen atoms in total. The van der Waals surface area contributed by atoms with E-state index in [9.17, 15) is 0 Å². The highest BCUT2D eigenvalue weighted by molar-refractivity contribution is 7.26. The van der Waals surface area contributed by atoms with Crippen LogP contribution in [0.25, 0.3) is 64.7 Å². The molecule has 0 aliphatic heterocycles. The summed E-state index contributed by atoms with van der Waals surface area (Å²) in [5, 5.41) is 2.69. The number of nitrogens with zero attached hydrogens (tertiary/aromatic N) is 1. The van der Waals surface area contributed by atoms with Gasteiger partial charge in [-0.2, -0.15) is 0 Å². The van der Waals surface area contributed by atoms with Gasteiger partial charge in [-0.15, -0.1) is 11.3 Å². The van der Waals surface area contributed by atoms with Gasteiger partial charge in [0, 0.05) is 53.6 Å². The molecule has 0 bridgehead atoms. The lowest BCUT2D eigenvalue weighted by molar-refractivity contribution is 0.660. The van der Waals surface area contributed by atoms with E-state index < -0.39 is 5.41 Å². The largest absolute Gasteiger partial charge is 0.310 e. The second kappa shape index (κ2) is 12.1. The Morgan fingerprint density at radius 1 is 0.333 bits per heavy atom. The van der Waals surface area contributed by atoms with Crippen molar-refractivity contribution in [2.45, 2.75) is 43.9 Å². The van der Waals surface area contributed by atoms with Crippen LogP contribution in [-0.4, -0.2) is 0 Å². The average molecular weight is 822 g/mol. The fourth-order valence-corrected chi connectivity index (χ4v) is 13.9. The zero-order chi connectivity index (χ0) is 42.0. The maximum absolute atomic E-state index is 2.53. The molecule has 14 rings (SSSR count). The van der Waals surface area contributed by atoms with Crippen molar-refractivity contribution in [3.8, 4) is 44.5 Å². The normalized spacial score (nSPS) is 17.2. The second-order valence-electron chi connectivity index (χ2n) is 19.2. The van der Waals surface area contributed by atoms with Crippen LogP contribution in [0.5, 0.6) is 0 Å². The summed E-state index contributed by atoms with van der Waals surface area (Å²) in [4.78, 5) is 2.53. The topological polar surface area (TPSA) is 3.24 Å². The van der Waals surface area contributed by atoms with Crippen LogP contribution in [0.4, 0.5) is 17.1 Å². The fraction of sp³-hybridized carbons (Fsp3) is 0.115. The number of benzene rings is 9. The standard InChI is InChI=1S/C61H43NS/c1-59(2)48-20-10-5-15-39(48)42-28-25-37(34-54(42)59)62(38-26-29-43-40-16-6-11-21-49(40)60(3,4)55(43)35-38)36-27-31-52-47(33-36)41-17-7-12-22-50(41)61(52)51-23-13-8-19-46(51)57-53(61)32-30-45-44-18-9-14-24-56(44)63-58(45)57/h5-35H,1-4H3. The molecule has 0 fully saturated rings. The van der Waals surface area contributed by atoms with Gasteiger partial charge in [0.05, 0.1) is 5.41 Å². The minimum Gasteiger partial charge on any atom is -0.310 e. The highest BCUT2D eigenvalue weighted by Gasteiger charge is 2.52. The first-order valence-electron chi connectivity index (χ1n) is 22.3. The zero-order valence-corrected chi connectivity index (χ0v) is 36.6. The molecule has 4 aliphatic rings. The van der Waals surface area contributed by atoms with Gasteiger partial charge in [-0.1, -0.05) is 173 Å². The lowest BCUT2D eigenvalue weighted by Crippen LogP contribution is -2.25. The number of rotatable bonds is 3. The molecule has 63 heavy (non-hydrogen) atoms. The Morgan fingerprint density at radius 2 is 0.778 bits per heavy atom. The van der Waals surface area contributed by atoms with Crippen molar-refractivity contribution in [1.29, 1.82) is 0 Å². The van der Waals surface area contributed by atoms with Gasteiger partial charge in [0.1, 0.15) is 0 Å². The predicted molar refractivity (Wildman–Crippen MR) is 265 cm³/mol. The molecule has 0 saturated carbocycles. The minimum atomic E-state index is -0.432. The van der Waals surface area contributed by atoms with Gasteiger partial charge in [-0.25, -0.2) is 0 Å². The Hall–Kier alpha value is -7.00. The van der Waals surface area contributed by atoms with E-state index in [1.807, 2.05) is 11.3 Å². The van der Waals surface area contributed by atoms with Crippen LogP contribution in [0.2, 0.25) is 0 Å². The van der Waals surface area contributed by atoms with Crippen LogP contribution in [0, 0.1) is 0 Å². The van der Waals surface area contributed by atoms with E-state index in [2.05, 4.69) is 221 Å². The Bertz CT molecular complexity index is 3550. The molecule has 1 heterocycles. The smallest absolute Gasteiger partial charge is 0.0726 e. The summed E-state index contributed by atoms with van der Waals surface area (Å²) >= 11 is 1.94. The van der Waals surface area contributed by atoms with Crippen LogP contribution in [0.3, 0.4) is 0 Å². The van der Waals surface area contributed by atoms with Gasteiger partial charge >= 0.3 is 0 Å². The van der Waals surface area contributed by atoms with E-state index in [0.717, 1.165) is 5.69 Å². The molecule has 298 valence electrons. The van der Waals surface area contributed by atoms with Crippen molar-refractivity contribution in [2.24, 2.45) is 0 Å². The number of thiophene rings is 1. The third-order valence-corrected chi connectivity index (χ3v) is 16.7. The summed E-state index contributed by atoms with van der Waals surface area (Å²) < 4.78 is 2.73. The van der Waals surface area contributed by atoms with Crippen LogP contribution in [0.1, 0.15) is 72.2 Å². The summed E-state index contributed by atoms with van der Waals surface area (Å²) in [5.74, 6) is 0. The molecule has 0 N–H and O–H groups in total. The zero-order valence-electron chi connectivity index (χ0n) is 35.8. The Morgan fingerprint density at radius 3 is 1.41 bits per heavy atom. The molecule has 10 aromatic rings. The molecule has 4 aliphatic carbocycles. The Kier molecular flexibility index (Phi) is 6.85. The van der Waals surface area contributed by atoms with E-state index in [1.165, 1.54) is 121 Å². The Labute approximate surface area is 372 Å². The highest BCUT2D eigenvalue weighted by Crippen LogP contribution is 2.65. The number of anilines is 3. The number of hydrogen-bond acceptors (Lipinski definition) is 2. The second-order valence-corrected chi connectivity index (χ2v) is 20.2. The third-order valence-electron chi connectivity index (χ3n) is 15.5. The van der Waals surface area contributed by atoms with Gasteiger partial charge in [0.25, 0.3) is 0 Å². The summed E-state index contributed by atoms with van der Waals surface area (Å²) in [6, 6.07) is 71.9. The maximum Gasteiger partial charge on any atom is 0.0726 e. The minimum absolute atomic E-state index is 0.123. The van der Waals surface area contributed by atoms with Crippen molar-refractivity contribution >= 4 is 48.6 Å². The molecular weight excluding hydrogens is 779 g/mol. The van der Waals surface area contributed by atoms with Gasteiger partial charge < -0.3 is 4.90 Å². The van der Waals surface area contributed by atoms with Crippen molar-refractivity contribution in [3.05, 3.63) is 233 Å². The van der Waals surface area contributed by atoms with Crippen molar-refractivity contribution < 1.29 is 0 Å². The van der Waals surface area contributed by atoms with Crippen molar-refractivity contribution in [2.75, 3.05) is 4.90 Å². The molecule has 0 radical (unpaired) electrons. The molecular formula is C61H43NS. The quantitative estimate of drug-likeness (QED) is 0.172. The molecule has 0 amide bonds. The molecule has 0 saturated heterocycles. The Balaban J connectivity index is 1.01. The maximum atomic E-state index is 2.53. The summed E-state index contributed by atoms with van der Waals surface area (Å²) in [6.45, 7) is 9.54. The molecule has 1 spiro atoms. The van der Waals surface area contributed by atoms with Crippen LogP contribution in [0.15, 0.2) is 188 Å². The molecule has 2 heteroatoms. The fourth-order valence-electron chi connectivity index (χ4n) is 12.6. The first-order valence-corrected chi connectivity index (χ1v) is 23.2. The predicted octanol–water partition coefficient (Wildman–Crippen LogP) is 16.5. The van der Waals surface area contributed by atoms with Gasteiger partial charge in [-0.05, 0) is 126 Å². The molecule has 9 aromatic carbocycles. The van der Waals surface area contributed by atoms with Crippen molar-refractivity contribution in [3.63, 3.8) is 0 Å². The van der Waals surface area contributed by atoms with E-state index in [4.69, 9.17) is 0 Å². The van der Waals surface area contributed by atoms with Gasteiger partial charge in [0.15, 0.2) is 0 Å². The van der Waals surface area contributed by atoms with Crippen LogP contribution >= 0.6 is 11.3 Å². The van der Waals surface area contributed by atoms with Gasteiger partial charge in [0.2, 0.25) is 0 Å². The molecule has 1 unspecified atom stereocenters. The number of hydrogen-bond donors (Lipinski definition) is 0. The molecule has 1 aromatic heterocycles. The van der Waals surface area contributed by atoms with E-state index >= 15 is 0 Å². The van der Waals surface area contributed by atoms with E-state index in [1.54, 1.807) is 0 Å². The SMILES string of the molecule is CC1(C)c2ccccc2-c2ccc(N(c3ccc4c(c3)-c3ccccc3C43c4ccccc4-c4c3ccc3c4sc4ccccc43)c3ccc4c(c3)C(C)(C)c3ccccc3-4)cc21. The lowest BCUT2D eigenvalue weighted by Gasteiger charge is -2.32. The van der Waals surface area contributed by atoms with E-state index in [0.29, 0.717) is 0 Å². The lowest BCUT2D eigenvalue weighted by atomic mass is 9.70. The van der Waals surface area contributed by atoms with Gasteiger partial charge in [-0.3, -0.25) is 0 Å². The van der Waals surface area contributed by atoms with Crippen LogP contribution in [-0.2, 0) is 16.2 Å². The summed E-state index contributed by atoms with van der Waals surface area (Å²) in [6.07, 6.45) is 0. The monoisotopic (exact) mass is 821 g/mol. The third kappa shape index (κ3) is 4.37. The van der Waals surface area contributed by atoms with E-state index in [-0.39, 0.29) is 10.8 Å². The van der Waals surface area contributed by atoms with Crippen LogP contribution < -0.4 is 4.90 Å². The van der Waals surface area contributed by atoms with Crippen molar-refractivity contribution in [1.82, 2.24) is 0 Å². The summed E-state index contributed by atoms with van der Waals surface area (Å²) in [7, 11) is 0. The number of fused-ring (bicyclic) bond motifs is 20. The first-order chi connectivity index (χ1) is 30.8.